The number of rotatable bonds is 5. The summed E-state index contributed by atoms with van der Waals surface area (Å²) in [5, 5.41) is 14.3. The first-order chi connectivity index (χ1) is 9.58. The number of hydrogen-bond donors (Lipinski definition) is 1. The van der Waals surface area contributed by atoms with Crippen LogP contribution < -0.4 is 4.74 Å². The maximum absolute atomic E-state index is 9.36. The maximum atomic E-state index is 9.36. The van der Waals surface area contributed by atoms with Gasteiger partial charge in [0.2, 0.25) is 0 Å². The third-order valence-electron chi connectivity index (χ3n) is 3.02. The zero-order valence-corrected chi connectivity index (χ0v) is 13.7. The summed E-state index contributed by atoms with van der Waals surface area (Å²) in [5.41, 5.74) is 2.36. The first kappa shape index (κ1) is 15.4. The van der Waals surface area contributed by atoms with Gasteiger partial charge in [0.05, 0.1) is 27.5 Å². The molecular weight excluding hydrogens is 344 g/mol. The SMILES string of the molecule is CCn1nc(C)c(Cl)c1COc1c(Br)cccc1CO. The van der Waals surface area contributed by atoms with Gasteiger partial charge in [-0.2, -0.15) is 5.10 Å². The highest BCUT2D eigenvalue weighted by Gasteiger charge is 2.15. The average molecular weight is 360 g/mol. The van der Waals surface area contributed by atoms with Crippen molar-refractivity contribution in [2.45, 2.75) is 33.6 Å². The topological polar surface area (TPSA) is 47.3 Å². The molecule has 0 saturated heterocycles. The van der Waals surface area contributed by atoms with E-state index in [-0.39, 0.29) is 6.61 Å². The Balaban J connectivity index is 2.25. The van der Waals surface area contributed by atoms with Crippen LogP contribution >= 0.6 is 27.5 Å². The third kappa shape index (κ3) is 3.00. The highest BCUT2D eigenvalue weighted by Crippen LogP contribution is 2.31. The van der Waals surface area contributed by atoms with Crippen molar-refractivity contribution >= 4 is 27.5 Å². The van der Waals surface area contributed by atoms with Crippen molar-refractivity contribution in [2.75, 3.05) is 0 Å². The van der Waals surface area contributed by atoms with Gasteiger partial charge in [0, 0.05) is 12.1 Å². The number of aliphatic hydroxyl groups is 1. The molecule has 2 aromatic rings. The van der Waals surface area contributed by atoms with E-state index in [1.54, 1.807) is 0 Å². The molecule has 0 aliphatic heterocycles. The highest BCUT2D eigenvalue weighted by atomic mass is 79.9. The number of hydrogen-bond acceptors (Lipinski definition) is 3. The van der Waals surface area contributed by atoms with Gasteiger partial charge < -0.3 is 9.84 Å². The summed E-state index contributed by atoms with van der Waals surface area (Å²) in [5.74, 6) is 0.632. The van der Waals surface area contributed by atoms with Crippen LogP contribution in [0.3, 0.4) is 0 Å². The highest BCUT2D eigenvalue weighted by molar-refractivity contribution is 9.10. The Morgan fingerprint density at radius 3 is 2.85 bits per heavy atom. The Morgan fingerprint density at radius 1 is 1.45 bits per heavy atom. The van der Waals surface area contributed by atoms with Gasteiger partial charge in [0.1, 0.15) is 12.4 Å². The lowest BCUT2D eigenvalue weighted by Gasteiger charge is -2.13. The molecule has 0 bridgehead atoms. The normalized spacial score (nSPS) is 10.8. The first-order valence-electron chi connectivity index (χ1n) is 6.31. The number of benzene rings is 1. The molecule has 0 spiro atoms. The number of ether oxygens (including phenoxy) is 1. The first-order valence-corrected chi connectivity index (χ1v) is 7.48. The van der Waals surface area contributed by atoms with E-state index >= 15 is 0 Å². The van der Waals surface area contributed by atoms with E-state index in [1.165, 1.54) is 0 Å². The standard InChI is InChI=1S/C14H16BrClN2O2/c1-3-18-12(13(16)9(2)17-18)8-20-14-10(7-19)5-4-6-11(14)15/h4-6,19H,3,7-8H2,1-2H3. The van der Waals surface area contributed by atoms with Gasteiger partial charge >= 0.3 is 0 Å². The van der Waals surface area contributed by atoms with E-state index in [2.05, 4.69) is 21.0 Å². The van der Waals surface area contributed by atoms with Gasteiger partial charge in [-0.25, -0.2) is 0 Å². The van der Waals surface area contributed by atoms with Crippen LogP contribution in [0.4, 0.5) is 0 Å². The zero-order valence-electron chi connectivity index (χ0n) is 11.4. The Morgan fingerprint density at radius 2 is 2.20 bits per heavy atom. The van der Waals surface area contributed by atoms with Crippen LogP contribution in [-0.4, -0.2) is 14.9 Å². The molecule has 0 amide bonds. The van der Waals surface area contributed by atoms with Crippen LogP contribution in [0.1, 0.15) is 23.9 Å². The lowest BCUT2D eigenvalue weighted by atomic mass is 10.2. The summed E-state index contributed by atoms with van der Waals surface area (Å²) in [4.78, 5) is 0. The van der Waals surface area contributed by atoms with E-state index in [0.29, 0.717) is 17.4 Å². The number of aliphatic hydroxyl groups excluding tert-OH is 1. The van der Waals surface area contributed by atoms with Crippen LogP contribution in [-0.2, 0) is 19.8 Å². The lowest BCUT2D eigenvalue weighted by Crippen LogP contribution is -2.07. The second-order valence-corrected chi connectivity index (χ2v) is 5.57. The van der Waals surface area contributed by atoms with Crippen molar-refractivity contribution in [1.82, 2.24) is 9.78 Å². The van der Waals surface area contributed by atoms with Crippen LogP contribution in [0.5, 0.6) is 5.75 Å². The Kier molecular flexibility index (Phi) is 5.07. The van der Waals surface area contributed by atoms with Crippen molar-refractivity contribution in [3.05, 3.63) is 44.6 Å². The molecule has 1 N–H and O–H groups in total. The molecule has 0 unspecified atom stereocenters. The second kappa shape index (κ2) is 6.61. The predicted molar refractivity (Wildman–Crippen MR) is 82.0 cm³/mol. The molecule has 1 heterocycles. The van der Waals surface area contributed by atoms with Gasteiger partial charge in [-0.1, -0.05) is 23.7 Å². The van der Waals surface area contributed by atoms with Gasteiger partial charge in [-0.3, -0.25) is 4.68 Å². The van der Waals surface area contributed by atoms with Crippen LogP contribution in [0, 0.1) is 6.92 Å². The molecule has 0 saturated carbocycles. The third-order valence-corrected chi connectivity index (χ3v) is 4.14. The molecule has 1 aromatic carbocycles. The molecule has 0 aliphatic carbocycles. The van der Waals surface area contributed by atoms with Gasteiger partial charge in [0.15, 0.2) is 0 Å². The molecular formula is C14H16BrClN2O2. The van der Waals surface area contributed by atoms with E-state index in [1.807, 2.05) is 36.7 Å². The van der Waals surface area contributed by atoms with Gasteiger partial charge in [-0.15, -0.1) is 0 Å². The minimum absolute atomic E-state index is 0.0748. The quantitative estimate of drug-likeness (QED) is 0.885. The van der Waals surface area contributed by atoms with Crippen molar-refractivity contribution in [1.29, 1.82) is 0 Å². The molecule has 0 atom stereocenters. The van der Waals surface area contributed by atoms with Gasteiger partial charge in [-0.05, 0) is 35.8 Å². The summed E-state index contributed by atoms with van der Waals surface area (Å²) in [6.07, 6.45) is 0. The van der Waals surface area contributed by atoms with Crippen molar-refractivity contribution < 1.29 is 9.84 Å². The molecule has 2 rings (SSSR count). The molecule has 6 heteroatoms. The fourth-order valence-corrected chi connectivity index (χ4v) is 2.70. The minimum atomic E-state index is -0.0748. The van der Waals surface area contributed by atoms with E-state index in [0.717, 1.165) is 28.0 Å². The summed E-state index contributed by atoms with van der Waals surface area (Å²) in [7, 11) is 0. The Bertz CT molecular complexity index is 613. The van der Waals surface area contributed by atoms with Crippen molar-refractivity contribution in [3.8, 4) is 5.75 Å². The van der Waals surface area contributed by atoms with Crippen LogP contribution in [0.25, 0.3) is 0 Å². The minimum Gasteiger partial charge on any atom is -0.486 e. The van der Waals surface area contributed by atoms with Crippen molar-refractivity contribution in [2.24, 2.45) is 0 Å². The monoisotopic (exact) mass is 358 g/mol. The zero-order chi connectivity index (χ0) is 14.7. The average Bonchev–Trinajstić information content (AvgIpc) is 2.72. The molecule has 108 valence electrons. The van der Waals surface area contributed by atoms with Crippen LogP contribution in [0.15, 0.2) is 22.7 Å². The molecule has 1 aromatic heterocycles. The Labute approximate surface area is 131 Å². The number of halogens is 2. The molecule has 0 aliphatic rings. The van der Waals surface area contributed by atoms with E-state index in [9.17, 15) is 5.11 Å². The van der Waals surface area contributed by atoms with E-state index in [4.69, 9.17) is 16.3 Å². The summed E-state index contributed by atoms with van der Waals surface area (Å²) < 4.78 is 8.46. The molecule has 0 radical (unpaired) electrons. The summed E-state index contributed by atoms with van der Waals surface area (Å²) in [6, 6.07) is 5.55. The summed E-state index contributed by atoms with van der Waals surface area (Å²) >= 11 is 9.68. The summed E-state index contributed by atoms with van der Waals surface area (Å²) in [6.45, 7) is 4.84. The van der Waals surface area contributed by atoms with Crippen molar-refractivity contribution in [3.63, 3.8) is 0 Å². The fourth-order valence-electron chi connectivity index (χ4n) is 1.99. The number of para-hydroxylation sites is 1. The number of aryl methyl sites for hydroxylation is 2. The fraction of sp³-hybridized carbons (Fsp3) is 0.357. The molecule has 4 nitrogen and oxygen atoms in total. The predicted octanol–water partition coefficient (Wildman–Crippen LogP) is 3.70. The molecule has 0 fully saturated rings. The second-order valence-electron chi connectivity index (χ2n) is 4.34. The maximum Gasteiger partial charge on any atom is 0.139 e. The Hall–Kier alpha value is -1.04. The number of aromatic nitrogens is 2. The molecule has 20 heavy (non-hydrogen) atoms. The van der Waals surface area contributed by atoms with Gasteiger partial charge in [0.25, 0.3) is 0 Å². The lowest BCUT2D eigenvalue weighted by molar-refractivity contribution is 0.254. The largest absolute Gasteiger partial charge is 0.486 e. The smallest absolute Gasteiger partial charge is 0.139 e. The number of nitrogens with zero attached hydrogens (tertiary/aromatic N) is 2. The van der Waals surface area contributed by atoms with E-state index < -0.39 is 0 Å². The van der Waals surface area contributed by atoms with Crippen LogP contribution in [0.2, 0.25) is 5.02 Å².